The van der Waals surface area contributed by atoms with Crippen LogP contribution in [0, 0.1) is 5.82 Å². The summed E-state index contributed by atoms with van der Waals surface area (Å²) < 4.78 is 14.7. The van der Waals surface area contributed by atoms with Gasteiger partial charge in [-0.25, -0.2) is 4.39 Å². The maximum atomic E-state index is 12.9. The molecule has 2 aromatic rings. The molecule has 0 spiro atoms. The quantitative estimate of drug-likeness (QED) is 0.863. The minimum atomic E-state index is -0.447. The van der Waals surface area contributed by atoms with E-state index in [2.05, 4.69) is 15.5 Å². The summed E-state index contributed by atoms with van der Waals surface area (Å²) in [5.74, 6) is 0.299. The molecule has 96 valence electrons. The second-order valence-corrected chi connectivity index (χ2v) is 4.16. The average Bonchev–Trinajstić information content (AvgIpc) is 2.72. The van der Waals surface area contributed by atoms with Crippen LogP contribution in [-0.2, 0) is 13.6 Å². The van der Waals surface area contributed by atoms with Gasteiger partial charge in [0.2, 0.25) is 0 Å². The standard InChI is InChI=1S/C12H15FN4O/c1-8(10-4-3-9(13)5-11(10)18)14-6-12-16-15-7-17(12)2/h3-5,7-8,14,18H,6H2,1-2H3. The number of aryl methyl sites for hydroxylation is 1. The highest BCUT2D eigenvalue weighted by atomic mass is 19.1. The molecule has 2 rings (SSSR count). The lowest BCUT2D eigenvalue weighted by Gasteiger charge is -2.15. The van der Waals surface area contributed by atoms with Crippen LogP contribution in [0.4, 0.5) is 4.39 Å². The van der Waals surface area contributed by atoms with Crippen LogP contribution >= 0.6 is 0 Å². The summed E-state index contributed by atoms with van der Waals surface area (Å²) in [6.07, 6.45) is 1.62. The molecule has 0 radical (unpaired) electrons. The first-order valence-corrected chi connectivity index (χ1v) is 5.62. The van der Waals surface area contributed by atoms with Crippen LogP contribution in [0.1, 0.15) is 24.4 Å². The van der Waals surface area contributed by atoms with Crippen molar-refractivity contribution >= 4 is 0 Å². The molecule has 0 amide bonds. The van der Waals surface area contributed by atoms with Crippen molar-refractivity contribution in [3.8, 4) is 5.75 Å². The number of hydrogen-bond acceptors (Lipinski definition) is 4. The number of nitrogens with one attached hydrogen (secondary N) is 1. The van der Waals surface area contributed by atoms with Gasteiger partial charge in [0.15, 0.2) is 0 Å². The first-order valence-electron chi connectivity index (χ1n) is 5.62. The van der Waals surface area contributed by atoms with E-state index >= 15 is 0 Å². The fourth-order valence-corrected chi connectivity index (χ4v) is 1.70. The Labute approximate surface area is 104 Å². The van der Waals surface area contributed by atoms with E-state index in [9.17, 15) is 9.50 Å². The third kappa shape index (κ3) is 2.65. The fourth-order valence-electron chi connectivity index (χ4n) is 1.70. The van der Waals surface area contributed by atoms with Gasteiger partial charge >= 0.3 is 0 Å². The third-order valence-corrected chi connectivity index (χ3v) is 2.83. The van der Waals surface area contributed by atoms with E-state index in [1.54, 1.807) is 12.4 Å². The molecular formula is C12H15FN4O. The summed E-state index contributed by atoms with van der Waals surface area (Å²) >= 11 is 0. The maximum Gasteiger partial charge on any atom is 0.146 e. The monoisotopic (exact) mass is 250 g/mol. The minimum Gasteiger partial charge on any atom is -0.508 e. The second-order valence-electron chi connectivity index (χ2n) is 4.16. The van der Waals surface area contributed by atoms with Crippen molar-refractivity contribution < 1.29 is 9.50 Å². The van der Waals surface area contributed by atoms with Gasteiger partial charge in [0.1, 0.15) is 23.7 Å². The van der Waals surface area contributed by atoms with Crippen LogP contribution in [0.5, 0.6) is 5.75 Å². The highest BCUT2D eigenvalue weighted by Crippen LogP contribution is 2.24. The van der Waals surface area contributed by atoms with E-state index in [0.29, 0.717) is 12.1 Å². The van der Waals surface area contributed by atoms with Crippen LogP contribution in [0.3, 0.4) is 0 Å². The Balaban J connectivity index is 2.03. The van der Waals surface area contributed by atoms with Gasteiger partial charge in [0.05, 0.1) is 6.54 Å². The largest absolute Gasteiger partial charge is 0.508 e. The molecular weight excluding hydrogens is 235 g/mol. The van der Waals surface area contributed by atoms with Crippen LogP contribution in [0.2, 0.25) is 0 Å². The van der Waals surface area contributed by atoms with Crippen LogP contribution in [-0.4, -0.2) is 19.9 Å². The Bertz CT molecular complexity index is 541. The first-order chi connectivity index (χ1) is 8.58. The van der Waals surface area contributed by atoms with Gasteiger partial charge < -0.3 is 15.0 Å². The van der Waals surface area contributed by atoms with Gasteiger partial charge in [-0.15, -0.1) is 10.2 Å². The minimum absolute atomic E-state index is 0.0482. The first kappa shape index (κ1) is 12.5. The normalized spacial score (nSPS) is 12.6. The molecule has 1 unspecified atom stereocenters. The summed E-state index contributed by atoms with van der Waals surface area (Å²) in [5, 5.41) is 20.6. The number of phenols is 1. The summed E-state index contributed by atoms with van der Waals surface area (Å²) in [7, 11) is 1.86. The van der Waals surface area contributed by atoms with E-state index < -0.39 is 5.82 Å². The van der Waals surface area contributed by atoms with Crippen molar-refractivity contribution in [1.29, 1.82) is 0 Å². The van der Waals surface area contributed by atoms with Crippen LogP contribution in [0.25, 0.3) is 0 Å². The van der Waals surface area contributed by atoms with Gasteiger partial charge in [-0.05, 0) is 13.0 Å². The van der Waals surface area contributed by atoms with Crippen molar-refractivity contribution in [3.05, 3.63) is 41.7 Å². The molecule has 1 heterocycles. The Kier molecular flexibility index (Phi) is 3.57. The lowest BCUT2D eigenvalue weighted by Crippen LogP contribution is -2.20. The number of benzene rings is 1. The van der Waals surface area contributed by atoms with E-state index in [1.807, 2.05) is 18.5 Å². The number of nitrogens with zero attached hydrogens (tertiary/aromatic N) is 3. The number of rotatable bonds is 4. The average molecular weight is 250 g/mol. The Morgan fingerprint density at radius 1 is 1.50 bits per heavy atom. The molecule has 0 saturated heterocycles. The lowest BCUT2D eigenvalue weighted by molar-refractivity contribution is 0.444. The Hall–Kier alpha value is -1.95. The van der Waals surface area contributed by atoms with E-state index in [-0.39, 0.29) is 11.8 Å². The number of halogens is 1. The van der Waals surface area contributed by atoms with E-state index in [1.165, 1.54) is 6.07 Å². The number of aromatic hydroxyl groups is 1. The summed E-state index contributed by atoms with van der Waals surface area (Å²) in [6, 6.07) is 3.90. The fraction of sp³-hybridized carbons (Fsp3) is 0.333. The van der Waals surface area contributed by atoms with Crippen molar-refractivity contribution in [2.45, 2.75) is 19.5 Å². The van der Waals surface area contributed by atoms with Crippen molar-refractivity contribution in [1.82, 2.24) is 20.1 Å². The molecule has 0 aliphatic heterocycles. The highest BCUT2D eigenvalue weighted by molar-refractivity contribution is 5.34. The maximum absolute atomic E-state index is 12.9. The topological polar surface area (TPSA) is 63.0 Å². The van der Waals surface area contributed by atoms with Crippen molar-refractivity contribution in [2.75, 3.05) is 0 Å². The van der Waals surface area contributed by atoms with Gasteiger partial charge in [0.25, 0.3) is 0 Å². The predicted molar refractivity (Wildman–Crippen MR) is 64.3 cm³/mol. The smallest absolute Gasteiger partial charge is 0.146 e. The van der Waals surface area contributed by atoms with Gasteiger partial charge in [0, 0.05) is 24.7 Å². The molecule has 1 aromatic heterocycles. The Morgan fingerprint density at radius 2 is 2.28 bits per heavy atom. The summed E-state index contributed by atoms with van der Waals surface area (Å²) in [4.78, 5) is 0. The molecule has 1 aromatic carbocycles. The zero-order valence-corrected chi connectivity index (χ0v) is 10.3. The highest BCUT2D eigenvalue weighted by Gasteiger charge is 2.11. The molecule has 0 saturated carbocycles. The molecule has 18 heavy (non-hydrogen) atoms. The van der Waals surface area contributed by atoms with E-state index in [0.717, 1.165) is 11.9 Å². The van der Waals surface area contributed by atoms with Crippen LogP contribution in [0.15, 0.2) is 24.5 Å². The van der Waals surface area contributed by atoms with Gasteiger partial charge in [-0.2, -0.15) is 0 Å². The number of hydrogen-bond donors (Lipinski definition) is 2. The SMILES string of the molecule is CC(NCc1nncn1C)c1ccc(F)cc1O. The van der Waals surface area contributed by atoms with Gasteiger partial charge in [-0.1, -0.05) is 6.07 Å². The zero-order valence-electron chi connectivity index (χ0n) is 10.3. The molecule has 5 nitrogen and oxygen atoms in total. The number of aromatic nitrogens is 3. The Morgan fingerprint density at radius 3 is 2.89 bits per heavy atom. The molecule has 0 fully saturated rings. The van der Waals surface area contributed by atoms with Gasteiger partial charge in [-0.3, -0.25) is 0 Å². The van der Waals surface area contributed by atoms with Crippen molar-refractivity contribution in [2.24, 2.45) is 7.05 Å². The van der Waals surface area contributed by atoms with Crippen molar-refractivity contribution in [3.63, 3.8) is 0 Å². The molecule has 0 bridgehead atoms. The molecule has 2 N–H and O–H groups in total. The molecule has 0 aliphatic rings. The summed E-state index contributed by atoms with van der Waals surface area (Å²) in [5.41, 5.74) is 0.651. The second kappa shape index (κ2) is 5.14. The summed E-state index contributed by atoms with van der Waals surface area (Å²) in [6.45, 7) is 2.41. The lowest BCUT2D eigenvalue weighted by atomic mass is 10.1. The van der Waals surface area contributed by atoms with Crippen LogP contribution < -0.4 is 5.32 Å². The molecule has 1 atom stereocenters. The molecule has 6 heteroatoms. The predicted octanol–water partition coefficient (Wildman–Crippen LogP) is 1.51. The third-order valence-electron chi connectivity index (χ3n) is 2.83. The number of phenolic OH excluding ortho intramolecular Hbond substituents is 1. The van der Waals surface area contributed by atoms with E-state index in [4.69, 9.17) is 0 Å². The molecule has 0 aliphatic carbocycles. The zero-order chi connectivity index (χ0) is 13.1.